The van der Waals surface area contributed by atoms with Gasteiger partial charge in [-0.2, -0.15) is 0 Å². The number of ether oxygens (including phenoxy) is 5. The van der Waals surface area contributed by atoms with E-state index in [1.165, 1.54) is 0 Å². The van der Waals surface area contributed by atoms with Crippen molar-refractivity contribution in [2.45, 2.75) is 69.5 Å². The van der Waals surface area contributed by atoms with Gasteiger partial charge >= 0.3 is 0 Å². The van der Waals surface area contributed by atoms with E-state index in [2.05, 4.69) is 0 Å². The number of hydrogen-bond acceptors (Lipinski definition) is 5. The molecule has 21 heavy (non-hydrogen) atoms. The molecule has 0 amide bonds. The first-order valence-corrected chi connectivity index (χ1v) is 8.47. The summed E-state index contributed by atoms with van der Waals surface area (Å²) in [7, 11) is 0. The topological polar surface area (TPSA) is 46.2 Å². The molecular formula is C16H28O5. The van der Waals surface area contributed by atoms with Crippen LogP contribution in [0.2, 0.25) is 0 Å². The lowest BCUT2D eigenvalue weighted by Crippen LogP contribution is -2.34. The summed E-state index contributed by atoms with van der Waals surface area (Å²) in [6.45, 7) is 4.16. The molecule has 0 unspecified atom stereocenters. The molecule has 5 heteroatoms. The first-order valence-electron chi connectivity index (χ1n) is 8.47. The van der Waals surface area contributed by atoms with E-state index in [9.17, 15) is 0 Å². The minimum absolute atomic E-state index is 0.0195. The van der Waals surface area contributed by atoms with Gasteiger partial charge in [-0.05, 0) is 38.5 Å². The molecular weight excluding hydrogens is 272 g/mol. The zero-order valence-corrected chi connectivity index (χ0v) is 12.9. The van der Waals surface area contributed by atoms with E-state index in [1.807, 2.05) is 0 Å². The van der Waals surface area contributed by atoms with Crippen LogP contribution in [0.4, 0.5) is 0 Å². The van der Waals surface area contributed by atoms with Crippen molar-refractivity contribution in [3.05, 3.63) is 0 Å². The van der Waals surface area contributed by atoms with Crippen molar-refractivity contribution in [3.8, 4) is 0 Å². The van der Waals surface area contributed by atoms with E-state index in [-0.39, 0.29) is 18.2 Å². The third-order valence-corrected chi connectivity index (χ3v) is 4.65. The molecule has 3 aliphatic rings. The third kappa shape index (κ3) is 4.63. The van der Waals surface area contributed by atoms with E-state index in [4.69, 9.17) is 23.7 Å². The molecule has 122 valence electrons. The van der Waals surface area contributed by atoms with Gasteiger partial charge in [-0.15, -0.1) is 0 Å². The quantitative estimate of drug-likeness (QED) is 0.754. The van der Waals surface area contributed by atoms with E-state index >= 15 is 0 Å². The van der Waals surface area contributed by atoms with E-state index in [0.29, 0.717) is 0 Å². The average Bonchev–Trinajstić information content (AvgIpc) is 3.03. The third-order valence-electron chi connectivity index (χ3n) is 4.65. The summed E-state index contributed by atoms with van der Waals surface area (Å²) in [4.78, 5) is 0. The molecule has 0 bridgehead atoms. The van der Waals surface area contributed by atoms with Gasteiger partial charge in [0.05, 0.1) is 32.0 Å². The normalized spacial score (nSPS) is 28.0. The molecule has 0 radical (unpaired) electrons. The maximum atomic E-state index is 6.10. The van der Waals surface area contributed by atoms with Gasteiger partial charge in [0, 0.05) is 19.4 Å². The lowest BCUT2D eigenvalue weighted by Gasteiger charge is -2.33. The Labute approximate surface area is 127 Å². The molecule has 0 spiro atoms. The second-order valence-corrected chi connectivity index (χ2v) is 6.26. The second kappa shape index (κ2) is 7.88. The van der Waals surface area contributed by atoms with Crippen LogP contribution in [-0.4, -0.2) is 51.2 Å². The molecule has 0 atom stereocenters. The summed E-state index contributed by atoms with van der Waals surface area (Å²) in [5, 5.41) is 0. The maximum absolute atomic E-state index is 6.10. The Hall–Kier alpha value is -0.200. The van der Waals surface area contributed by atoms with Crippen LogP contribution in [0.15, 0.2) is 0 Å². The van der Waals surface area contributed by atoms with Crippen LogP contribution in [0.25, 0.3) is 0 Å². The highest BCUT2D eigenvalue weighted by Gasteiger charge is 2.36. The molecule has 0 aliphatic carbocycles. The minimum Gasteiger partial charge on any atom is -0.375 e. The summed E-state index contributed by atoms with van der Waals surface area (Å²) in [6, 6.07) is 0. The Kier molecular flexibility index (Phi) is 5.89. The summed E-state index contributed by atoms with van der Waals surface area (Å²) in [5.41, 5.74) is -0.0195. The Bertz CT molecular complexity index is 267. The fourth-order valence-electron chi connectivity index (χ4n) is 3.44. The van der Waals surface area contributed by atoms with Gasteiger partial charge in [-0.25, -0.2) is 0 Å². The minimum atomic E-state index is -0.0398. The van der Waals surface area contributed by atoms with Gasteiger partial charge in [-0.3, -0.25) is 0 Å². The first-order chi connectivity index (χ1) is 10.4. The molecule has 3 heterocycles. The predicted molar refractivity (Wildman–Crippen MR) is 77.0 cm³/mol. The van der Waals surface area contributed by atoms with Gasteiger partial charge in [0.15, 0.2) is 12.6 Å². The van der Waals surface area contributed by atoms with Crippen LogP contribution < -0.4 is 0 Å². The summed E-state index contributed by atoms with van der Waals surface area (Å²) >= 11 is 0. The molecule has 3 rings (SSSR count). The molecule has 5 nitrogen and oxygen atoms in total. The fraction of sp³-hybridized carbons (Fsp3) is 1.00. The molecule has 0 saturated carbocycles. The Morgan fingerprint density at radius 2 is 1.19 bits per heavy atom. The molecule has 0 aromatic rings. The monoisotopic (exact) mass is 300 g/mol. The molecule has 0 aromatic heterocycles. The number of rotatable bonds is 6. The summed E-state index contributed by atoms with van der Waals surface area (Å²) in [6.07, 6.45) is 8.07. The van der Waals surface area contributed by atoms with E-state index < -0.39 is 0 Å². The largest absolute Gasteiger partial charge is 0.375 e. The van der Waals surface area contributed by atoms with Crippen molar-refractivity contribution in [1.82, 2.24) is 0 Å². The molecule has 0 aromatic carbocycles. The van der Waals surface area contributed by atoms with Crippen LogP contribution in [0, 0.1) is 0 Å². The fourth-order valence-corrected chi connectivity index (χ4v) is 3.44. The van der Waals surface area contributed by atoms with Crippen molar-refractivity contribution >= 4 is 0 Å². The van der Waals surface area contributed by atoms with Crippen molar-refractivity contribution in [2.75, 3.05) is 33.0 Å². The van der Waals surface area contributed by atoms with Crippen LogP contribution in [0.3, 0.4) is 0 Å². The Balaban J connectivity index is 1.45. The molecule has 3 saturated heterocycles. The van der Waals surface area contributed by atoms with Gasteiger partial charge in [0.25, 0.3) is 0 Å². The molecule has 3 aliphatic heterocycles. The first kappa shape index (κ1) is 15.7. The second-order valence-electron chi connectivity index (χ2n) is 6.26. The van der Waals surface area contributed by atoms with Crippen LogP contribution in [0.1, 0.15) is 51.4 Å². The standard InChI is InChI=1S/C16H28O5/c1-6-16(21-13-1,7-4-14-17-9-2-10-18-14)8-5-15-19-11-3-12-20-15/h14-15H,1-13H2. The maximum Gasteiger partial charge on any atom is 0.157 e. The zero-order valence-electron chi connectivity index (χ0n) is 12.9. The Morgan fingerprint density at radius 3 is 1.62 bits per heavy atom. The predicted octanol–water partition coefficient (Wildman–Crippen LogP) is 2.62. The van der Waals surface area contributed by atoms with Crippen molar-refractivity contribution < 1.29 is 23.7 Å². The SMILES string of the molecule is C1COC(CCC2(CCC3OCCCO3)CCCO2)OC1. The molecule has 3 fully saturated rings. The van der Waals surface area contributed by atoms with Gasteiger partial charge in [-0.1, -0.05) is 0 Å². The highest BCUT2D eigenvalue weighted by molar-refractivity contribution is 4.86. The van der Waals surface area contributed by atoms with E-state index in [0.717, 1.165) is 84.4 Å². The smallest absolute Gasteiger partial charge is 0.157 e. The lowest BCUT2D eigenvalue weighted by molar-refractivity contribution is -0.194. The van der Waals surface area contributed by atoms with Crippen molar-refractivity contribution in [2.24, 2.45) is 0 Å². The highest BCUT2D eigenvalue weighted by atomic mass is 16.7. The van der Waals surface area contributed by atoms with Crippen molar-refractivity contribution in [3.63, 3.8) is 0 Å². The van der Waals surface area contributed by atoms with E-state index in [1.54, 1.807) is 0 Å². The summed E-state index contributed by atoms with van der Waals surface area (Å²) in [5.74, 6) is 0. The summed E-state index contributed by atoms with van der Waals surface area (Å²) < 4.78 is 28.7. The van der Waals surface area contributed by atoms with Crippen LogP contribution in [0.5, 0.6) is 0 Å². The van der Waals surface area contributed by atoms with Gasteiger partial charge in [0.2, 0.25) is 0 Å². The van der Waals surface area contributed by atoms with Gasteiger partial charge in [0.1, 0.15) is 0 Å². The lowest BCUT2D eigenvalue weighted by atomic mass is 9.89. The number of hydrogen-bond donors (Lipinski definition) is 0. The van der Waals surface area contributed by atoms with Crippen LogP contribution in [-0.2, 0) is 23.7 Å². The Morgan fingerprint density at radius 1 is 0.667 bits per heavy atom. The van der Waals surface area contributed by atoms with Crippen molar-refractivity contribution in [1.29, 1.82) is 0 Å². The zero-order chi connectivity index (χ0) is 14.4. The average molecular weight is 300 g/mol. The van der Waals surface area contributed by atoms with Gasteiger partial charge < -0.3 is 23.7 Å². The molecule has 0 N–H and O–H groups in total. The highest BCUT2D eigenvalue weighted by Crippen LogP contribution is 2.36. The van der Waals surface area contributed by atoms with Crippen LogP contribution >= 0.6 is 0 Å².